The zero-order valence-electron chi connectivity index (χ0n) is 11.9. The van der Waals surface area contributed by atoms with Gasteiger partial charge in [-0.1, -0.05) is 64.0 Å². The minimum Gasteiger partial charge on any atom is -0.494 e. The number of hydrogen-bond donors (Lipinski definition) is 0. The van der Waals surface area contributed by atoms with Crippen molar-refractivity contribution in [3.8, 4) is 5.75 Å². The fraction of sp³-hybridized carbons (Fsp3) is 0.333. The van der Waals surface area contributed by atoms with E-state index in [-0.39, 0.29) is 0 Å². The fourth-order valence-electron chi connectivity index (χ4n) is 2.15. The van der Waals surface area contributed by atoms with Crippen LogP contribution in [0.4, 0.5) is 0 Å². The van der Waals surface area contributed by atoms with Crippen molar-refractivity contribution in [2.24, 2.45) is 5.92 Å². The lowest BCUT2D eigenvalue weighted by molar-refractivity contribution is 0.285. The van der Waals surface area contributed by atoms with Gasteiger partial charge in [-0.25, -0.2) is 0 Å². The van der Waals surface area contributed by atoms with Crippen molar-refractivity contribution >= 4 is 15.9 Å². The van der Waals surface area contributed by atoms with Gasteiger partial charge in [0.2, 0.25) is 0 Å². The summed E-state index contributed by atoms with van der Waals surface area (Å²) in [6, 6.07) is 18.8. The molecule has 0 aliphatic heterocycles. The molecular weight excluding hydrogens is 312 g/mol. The molecule has 106 valence electrons. The third-order valence-corrected chi connectivity index (χ3v) is 4.32. The first-order chi connectivity index (χ1) is 9.78. The van der Waals surface area contributed by atoms with E-state index in [0.29, 0.717) is 5.92 Å². The van der Waals surface area contributed by atoms with E-state index in [9.17, 15) is 0 Å². The van der Waals surface area contributed by atoms with Crippen LogP contribution in [0.5, 0.6) is 5.75 Å². The monoisotopic (exact) mass is 332 g/mol. The number of ether oxygens (including phenoxy) is 1. The molecule has 0 aliphatic rings. The summed E-state index contributed by atoms with van der Waals surface area (Å²) in [7, 11) is 0. The quantitative estimate of drug-likeness (QED) is 0.647. The zero-order valence-corrected chi connectivity index (χ0v) is 13.5. The van der Waals surface area contributed by atoms with Crippen LogP contribution in [-0.4, -0.2) is 11.9 Å². The summed E-state index contributed by atoms with van der Waals surface area (Å²) in [5.74, 6) is 1.57. The molecule has 1 atom stereocenters. The van der Waals surface area contributed by atoms with E-state index in [1.54, 1.807) is 0 Å². The van der Waals surface area contributed by atoms with E-state index < -0.39 is 0 Å². The Hall–Kier alpha value is -1.28. The normalized spacial score (nSPS) is 12.1. The molecule has 0 saturated carbocycles. The number of benzene rings is 2. The van der Waals surface area contributed by atoms with Gasteiger partial charge in [0.25, 0.3) is 0 Å². The Morgan fingerprint density at radius 1 is 1.00 bits per heavy atom. The van der Waals surface area contributed by atoms with Gasteiger partial charge in [0.1, 0.15) is 5.75 Å². The molecule has 0 amide bonds. The molecule has 0 aliphatic carbocycles. The molecule has 0 fully saturated rings. The third-order valence-electron chi connectivity index (χ3n) is 3.40. The van der Waals surface area contributed by atoms with E-state index in [1.807, 2.05) is 30.3 Å². The summed E-state index contributed by atoms with van der Waals surface area (Å²) < 4.78 is 5.77. The molecule has 0 bridgehead atoms. The molecule has 2 rings (SSSR count). The smallest absolute Gasteiger partial charge is 0.119 e. The van der Waals surface area contributed by atoms with Crippen molar-refractivity contribution in [1.82, 2.24) is 0 Å². The van der Waals surface area contributed by atoms with E-state index in [0.717, 1.165) is 30.5 Å². The molecule has 2 aromatic rings. The molecule has 1 nitrogen and oxygen atoms in total. The largest absolute Gasteiger partial charge is 0.494 e. The average molecular weight is 333 g/mol. The summed E-state index contributed by atoms with van der Waals surface area (Å²) in [6.45, 7) is 2.89. The second kappa shape index (κ2) is 8.11. The molecule has 1 unspecified atom stereocenters. The van der Waals surface area contributed by atoms with Gasteiger partial charge >= 0.3 is 0 Å². The molecule has 20 heavy (non-hydrogen) atoms. The molecule has 0 aromatic heterocycles. The van der Waals surface area contributed by atoms with Crippen LogP contribution in [-0.2, 0) is 6.42 Å². The fourth-order valence-corrected chi connectivity index (χ4v) is 2.70. The van der Waals surface area contributed by atoms with E-state index in [1.165, 1.54) is 11.1 Å². The van der Waals surface area contributed by atoms with E-state index >= 15 is 0 Å². The molecule has 2 heteroatoms. The van der Waals surface area contributed by atoms with E-state index in [4.69, 9.17) is 4.74 Å². The second-order valence-corrected chi connectivity index (χ2v) is 5.81. The highest BCUT2D eigenvalue weighted by atomic mass is 79.9. The topological polar surface area (TPSA) is 9.23 Å². The molecule has 0 heterocycles. The number of hydrogen-bond acceptors (Lipinski definition) is 1. The summed E-state index contributed by atoms with van der Waals surface area (Å²) >= 11 is 3.62. The number of aryl methyl sites for hydroxylation is 1. The highest BCUT2D eigenvalue weighted by molar-refractivity contribution is 9.09. The average Bonchev–Trinajstić information content (AvgIpc) is 2.49. The zero-order chi connectivity index (χ0) is 14.2. The Balaban J connectivity index is 1.79. The van der Waals surface area contributed by atoms with Crippen molar-refractivity contribution in [2.45, 2.75) is 19.8 Å². The highest BCUT2D eigenvalue weighted by Crippen LogP contribution is 2.17. The summed E-state index contributed by atoms with van der Waals surface area (Å²) in [5.41, 5.74) is 2.72. The first-order valence-corrected chi connectivity index (χ1v) is 8.19. The SMILES string of the molecule is Cc1ccc(CC(CBr)CCOc2ccccc2)cc1. The number of rotatable bonds is 7. The predicted molar refractivity (Wildman–Crippen MR) is 88.7 cm³/mol. The van der Waals surface area contributed by atoms with Gasteiger partial charge in [0, 0.05) is 5.33 Å². The van der Waals surface area contributed by atoms with Crippen molar-refractivity contribution in [3.63, 3.8) is 0 Å². The van der Waals surface area contributed by atoms with Gasteiger partial charge in [-0.3, -0.25) is 0 Å². The molecule has 0 radical (unpaired) electrons. The van der Waals surface area contributed by atoms with Gasteiger partial charge in [-0.2, -0.15) is 0 Å². The van der Waals surface area contributed by atoms with Crippen molar-refractivity contribution < 1.29 is 4.74 Å². The summed E-state index contributed by atoms with van der Waals surface area (Å²) in [6.07, 6.45) is 2.16. The van der Waals surface area contributed by atoms with Crippen LogP contribution in [0.1, 0.15) is 17.5 Å². The minimum absolute atomic E-state index is 0.612. The van der Waals surface area contributed by atoms with Crippen molar-refractivity contribution in [1.29, 1.82) is 0 Å². The second-order valence-electron chi connectivity index (χ2n) is 5.16. The van der Waals surface area contributed by atoms with Crippen LogP contribution in [0.2, 0.25) is 0 Å². The Labute approximate surface area is 130 Å². The van der Waals surface area contributed by atoms with Crippen LogP contribution in [0.25, 0.3) is 0 Å². The van der Waals surface area contributed by atoms with Gasteiger partial charge in [0.05, 0.1) is 6.61 Å². The van der Waals surface area contributed by atoms with Gasteiger partial charge in [-0.15, -0.1) is 0 Å². The summed E-state index contributed by atoms with van der Waals surface area (Å²) in [4.78, 5) is 0. The van der Waals surface area contributed by atoms with Crippen LogP contribution >= 0.6 is 15.9 Å². The molecule has 0 N–H and O–H groups in total. The van der Waals surface area contributed by atoms with Crippen LogP contribution in [0.3, 0.4) is 0 Å². The Kier molecular flexibility index (Phi) is 6.13. The van der Waals surface area contributed by atoms with Gasteiger partial charge in [0.15, 0.2) is 0 Å². The number of halogens is 1. The lowest BCUT2D eigenvalue weighted by Gasteiger charge is -2.15. The molecule has 0 spiro atoms. The first-order valence-electron chi connectivity index (χ1n) is 7.07. The summed E-state index contributed by atoms with van der Waals surface area (Å²) in [5, 5.41) is 1.01. The first kappa shape index (κ1) is 15.1. The van der Waals surface area contributed by atoms with Crippen LogP contribution < -0.4 is 4.74 Å². The van der Waals surface area contributed by atoms with Gasteiger partial charge < -0.3 is 4.74 Å². The maximum atomic E-state index is 5.77. The molecule has 2 aromatic carbocycles. The Morgan fingerprint density at radius 2 is 1.70 bits per heavy atom. The standard InChI is InChI=1S/C18H21BrO/c1-15-7-9-16(10-8-15)13-17(14-19)11-12-20-18-5-3-2-4-6-18/h2-10,17H,11-14H2,1H3. The van der Waals surface area contributed by atoms with Crippen LogP contribution in [0, 0.1) is 12.8 Å². The molecular formula is C18H21BrO. The lowest BCUT2D eigenvalue weighted by atomic mass is 9.98. The van der Waals surface area contributed by atoms with E-state index in [2.05, 4.69) is 47.1 Å². The number of para-hydroxylation sites is 1. The highest BCUT2D eigenvalue weighted by Gasteiger charge is 2.08. The van der Waals surface area contributed by atoms with Gasteiger partial charge in [-0.05, 0) is 43.4 Å². The predicted octanol–water partition coefficient (Wildman–Crippen LogP) is 5.02. The number of alkyl halides is 1. The molecule has 0 saturated heterocycles. The lowest BCUT2D eigenvalue weighted by Crippen LogP contribution is -2.11. The van der Waals surface area contributed by atoms with Crippen molar-refractivity contribution in [3.05, 3.63) is 65.7 Å². The Morgan fingerprint density at radius 3 is 2.35 bits per heavy atom. The minimum atomic E-state index is 0.612. The van der Waals surface area contributed by atoms with Crippen LogP contribution in [0.15, 0.2) is 54.6 Å². The Bertz CT molecular complexity index is 493. The maximum absolute atomic E-state index is 5.77. The third kappa shape index (κ3) is 5.01. The van der Waals surface area contributed by atoms with Crippen molar-refractivity contribution in [2.75, 3.05) is 11.9 Å². The maximum Gasteiger partial charge on any atom is 0.119 e.